The third kappa shape index (κ3) is 3.73. The normalized spacial score (nSPS) is 15.2. The quantitative estimate of drug-likeness (QED) is 0.580. The Labute approximate surface area is 140 Å². The van der Waals surface area contributed by atoms with Gasteiger partial charge in [-0.3, -0.25) is 9.59 Å². The van der Waals surface area contributed by atoms with Gasteiger partial charge in [0.25, 0.3) is 0 Å². The van der Waals surface area contributed by atoms with Crippen molar-refractivity contribution in [2.45, 2.75) is 39.0 Å². The monoisotopic (exact) mass is 342 g/mol. The van der Waals surface area contributed by atoms with E-state index in [0.29, 0.717) is 30.1 Å². The van der Waals surface area contributed by atoms with Crippen molar-refractivity contribution >= 4 is 40.7 Å². The molecule has 0 atom stereocenters. The summed E-state index contributed by atoms with van der Waals surface area (Å²) in [6.45, 7) is 2.71. The van der Waals surface area contributed by atoms with Gasteiger partial charge in [-0.25, -0.2) is 0 Å². The molecule has 1 aliphatic carbocycles. The molecule has 120 valence electrons. The molecule has 1 saturated carbocycles. The lowest BCUT2D eigenvalue weighted by molar-refractivity contribution is -0.134. The smallest absolute Gasteiger partial charge is 0.240 e. The summed E-state index contributed by atoms with van der Waals surface area (Å²) in [6.07, 6.45) is 4.22. The zero-order valence-corrected chi connectivity index (χ0v) is 14.1. The van der Waals surface area contributed by atoms with Crippen LogP contribution in [0.5, 0.6) is 0 Å². The van der Waals surface area contributed by atoms with E-state index in [4.69, 9.17) is 23.2 Å². The number of amides is 2. The summed E-state index contributed by atoms with van der Waals surface area (Å²) in [5.74, 6) is -0.510. The number of unbranched alkanes of at least 4 members (excludes halogenated alkanes) is 2. The van der Waals surface area contributed by atoms with Crippen LogP contribution >= 0.6 is 23.2 Å². The predicted octanol–water partition coefficient (Wildman–Crippen LogP) is 4.02. The van der Waals surface area contributed by atoms with Crippen molar-refractivity contribution in [1.82, 2.24) is 5.32 Å². The Bertz CT molecular complexity index is 571. The van der Waals surface area contributed by atoms with Crippen LogP contribution in [0.15, 0.2) is 18.2 Å². The van der Waals surface area contributed by atoms with Gasteiger partial charge in [-0.15, -0.1) is 0 Å². The summed E-state index contributed by atoms with van der Waals surface area (Å²) in [6, 6.07) is 5.02. The minimum absolute atomic E-state index is 0.195. The molecule has 1 fully saturated rings. The number of rotatable bonds is 7. The summed E-state index contributed by atoms with van der Waals surface area (Å²) in [7, 11) is 0. The molecule has 0 unspecified atom stereocenters. The van der Waals surface area contributed by atoms with E-state index in [1.54, 1.807) is 18.2 Å². The second-order valence-corrected chi connectivity index (χ2v) is 6.39. The Balaban J connectivity index is 1.96. The van der Waals surface area contributed by atoms with E-state index in [1.165, 1.54) is 0 Å². The largest absolute Gasteiger partial charge is 0.355 e. The first-order valence-electron chi connectivity index (χ1n) is 7.55. The molecule has 6 heteroatoms. The fourth-order valence-electron chi connectivity index (χ4n) is 2.27. The number of carbonyl (C=O) groups is 2. The first-order valence-corrected chi connectivity index (χ1v) is 8.30. The van der Waals surface area contributed by atoms with Gasteiger partial charge >= 0.3 is 0 Å². The molecule has 0 spiro atoms. The summed E-state index contributed by atoms with van der Waals surface area (Å²) in [5.41, 5.74) is -0.512. The van der Waals surface area contributed by atoms with Gasteiger partial charge in [-0.1, -0.05) is 49.0 Å². The Hall–Kier alpha value is -1.26. The topological polar surface area (TPSA) is 58.2 Å². The lowest BCUT2D eigenvalue weighted by Gasteiger charge is -2.16. The van der Waals surface area contributed by atoms with Gasteiger partial charge in [-0.05, 0) is 31.4 Å². The van der Waals surface area contributed by atoms with E-state index in [9.17, 15) is 9.59 Å². The van der Waals surface area contributed by atoms with E-state index >= 15 is 0 Å². The average molecular weight is 343 g/mol. The van der Waals surface area contributed by atoms with Gasteiger partial charge in [0, 0.05) is 6.54 Å². The molecule has 0 heterocycles. The molecule has 0 bridgehead atoms. The van der Waals surface area contributed by atoms with Crippen molar-refractivity contribution in [3.8, 4) is 0 Å². The van der Waals surface area contributed by atoms with Crippen LogP contribution in [-0.2, 0) is 9.59 Å². The van der Waals surface area contributed by atoms with E-state index in [2.05, 4.69) is 17.6 Å². The SMILES string of the molecule is CCCCCNC(=O)C1(C(=O)Nc2cccc(Cl)c2Cl)CC1. The van der Waals surface area contributed by atoms with Crippen LogP contribution in [-0.4, -0.2) is 18.4 Å². The van der Waals surface area contributed by atoms with Crippen molar-refractivity contribution in [3.63, 3.8) is 0 Å². The molecule has 1 aromatic rings. The second kappa shape index (κ2) is 7.34. The van der Waals surface area contributed by atoms with Gasteiger partial charge in [0.1, 0.15) is 5.41 Å². The molecule has 0 saturated heterocycles. The van der Waals surface area contributed by atoms with E-state index < -0.39 is 5.41 Å². The predicted molar refractivity (Wildman–Crippen MR) is 89.3 cm³/mol. The molecule has 0 radical (unpaired) electrons. The maximum atomic E-state index is 12.4. The lowest BCUT2D eigenvalue weighted by Crippen LogP contribution is -2.40. The zero-order valence-electron chi connectivity index (χ0n) is 12.5. The Morgan fingerprint density at radius 2 is 1.91 bits per heavy atom. The minimum atomic E-state index is -0.947. The molecule has 22 heavy (non-hydrogen) atoms. The lowest BCUT2D eigenvalue weighted by atomic mass is 10.0. The summed E-state index contributed by atoms with van der Waals surface area (Å²) in [4.78, 5) is 24.7. The van der Waals surface area contributed by atoms with Crippen molar-refractivity contribution in [1.29, 1.82) is 0 Å². The van der Waals surface area contributed by atoms with Crippen LogP contribution in [0.4, 0.5) is 5.69 Å². The number of benzene rings is 1. The number of hydrogen-bond acceptors (Lipinski definition) is 2. The maximum Gasteiger partial charge on any atom is 0.240 e. The first kappa shape index (κ1) is 17.1. The fourth-order valence-corrected chi connectivity index (χ4v) is 2.62. The molecular weight excluding hydrogens is 323 g/mol. The maximum absolute atomic E-state index is 12.4. The molecule has 2 amide bonds. The number of nitrogens with one attached hydrogen (secondary N) is 2. The molecule has 1 aromatic carbocycles. The number of carbonyl (C=O) groups excluding carboxylic acids is 2. The Kier molecular flexibility index (Phi) is 5.70. The van der Waals surface area contributed by atoms with E-state index in [-0.39, 0.29) is 16.8 Å². The first-order chi connectivity index (χ1) is 10.5. The van der Waals surface area contributed by atoms with Crippen molar-refractivity contribution < 1.29 is 9.59 Å². The average Bonchev–Trinajstić information content (AvgIpc) is 3.30. The van der Waals surface area contributed by atoms with Gasteiger partial charge in [-0.2, -0.15) is 0 Å². The van der Waals surface area contributed by atoms with Gasteiger partial charge in [0.2, 0.25) is 11.8 Å². The molecule has 0 aliphatic heterocycles. The zero-order chi connectivity index (χ0) is 16.2. The summed E-state index contributed by atoms with van der Waals surface area (Å²) >= 11 is 12.0. The number of anilines is 1. The standard InChI is InChI=1S/C16H20Cl2N2O2/c1-2-3-4-10-19-14(21)16(8-9-16)15(22)20-12-7-5-6-11(17)13(12)18/h5-7H,2-4,8-10H2,1H3,(H,19,21)(H,20,22). The number of halogens is 2. The van der Waals surface area contributed by atoms with Gasteiger partial charge in [0.05, 0.1) is 15.7 Å². The highest BCUT2D eigenvalue weighted by Crippen LogP contribution is 2.47. The molecule has 2 N–H and O–H groups in total. The van der Waals surface area contributed by atoms with Crippen LogP contribution in [0.25, 0.3) is 0 Å². The van der Waals surface area contributed by atoms with Crippen molar-refractivity contribution in [3.05, 3.63) is 28.2 Å². The van der Waals surface area contributed by atoms with Crippen LogP contribution < -0.4 is 10.6 Å². The molecule has 4 nitrogen and oxygen atoms in total. The van der Waals surface area contributed by atoms with E-state index in [1.807, 2.05) is 0 Å². The molecule has 0 aromatic heterocycles. The van der Waals surface area contributed by atoms with E-state index in [0.717, 1.165) is 19.3 Å². The highest BCUT2D eigenvalue weighted by Gasteiger charge is 2.56. The highest BCUT2D eigenvalue weighted by atomic mass is 35.5. The minimum Gasteiger partial charge on any atom is -0.355 e. The third-order valence-corrected chi connectivity index (χ3v) is 4.70. The molecule has 2 rings (SSSR count). The van der Waals surface area contributed by atoms with Crippen LogP contribution in [0, 0.1) is 5.41 Å². The summed E-state index contributed by atoms with van der Waals surface area (Å²) < 4.78 is 0. The van der Waals surface area contributed by atoms with Gasteiger partial charge < -0.3 is 10.6 Å². The van der Waals surface area contributed by atoms with Crippen molar-refractivity contribution in [2.75, 3.05) is 11.9 Å². The number of hydrogen-bond donors (Lipinski definition) is 2. The second-order valence-electron chi connectivity index (χ2n) is 5.60. The fraction of sp³-hybridized carbons (Fsp3) is 0.500. The highest BCUT2D eigenvalue weighted by molar-refractivity contribution is 6.44. The van der Waals surface area contributed by atoms with Gasteiger partial charge in [0.15, 0.2) is 0 Å². The van der Waals surface area contributed by atoms with Crippen LogP contribution in [0.2, 0.25) is 10.0 Å². The van der Waals surface area contributed by atoms with Crippen LogP contribution in [0.1, 0.15) is 39.0 Å². The third-order valence-electron chi connectivity index (χ3n) is 3.88. The Morgan fingerprint density at radius 1 is 1.18 bits per heavy atom. The summed E-state index contributed by atoms with van der Waals surface area (Å²) in [5, 5.41) is 6.23. The Morgan fingerprint density at radius 3 is 2.55 bits per heavy atom. The molecular formula is C16H20Cl2N2O2. The molecule has 1 aliphatic rings. The van der Waals surface area contributed by atoms with Crippen molar-refractivity contribution in [2.24, 2.45) is 5.41 Å². The van der Waals surface area contributed by atoms with Crippen LogP contribution in [0.3, 0.4) is 0 Å².